The molecule has 29 heteroatoms. The van der Waals surface area contributed by atoms with Crippen LogP contribution < -0.4 is 5.73 Å². The third kappa shape index (κ3) is 10.8. The molecule has 2 fully saturated rings. The molecular formula is C27H36FN5O21P2. The van der Waals surface area contributed by atoms with Crippen LogP contribution in [0.25, 0.3) is 11.2 Å². The number of aliphatic hydroxyl groups is 2. The van der Waals surface area contributed by atoms with Gasteiger partial charge in [-0.3, -0.25) is 37.6 Å². The molecular weight excluding hydrogens is 811 g/mol. The van der Waals surface area contributed by atoms with E-state index in [1.54, 1.807) is 0 Å². The number of nitrogen functional groups attached to an aromatic ring is 1. The first-order valence-corrected chi connectivity index (χ1v) is 18.8. The molecule has 3 unspecified atom stereocenters. The molecule has 0 saturated carbocycles. The fraction of sp³-hybridized carbons (Fsp3) is 0.630. The maximum atomic E-state index is 15.9. The Labute approximate surface area is 313 Å². The summed E-state index contributed by atoms with van der Waals surface area (Å²) in [6.07, 6.45) is -16.7. The fourth-order valence-corrected chi connectivity index (χ4v) is 7.58. The largest absolute Gasteiger partial charge is 0.483 e. The Bertz CT molecular complexity index is 1920. The smallest absolute Gasteiger partial charge is 0.462 e. The van der Waals surface area contributed by atoms with Crippen molar-refractivity contribution in [2.75, 3.05) is 18.9 Å². The lowest BCUT2D eigenvalue weighted by atomic mass is 9.94. The minimum Gasteiger partial charge on any atom is -0.462 e. The van der Waals surface area contributed by atoms with Crippen LogP contribution in [0.2, 0.25) is 0 Å². The second kappa shape index (κ2) is 17.5. The second-order valence-corrected chi connectivity index (χ2v) is 14.8. The number of carbonyl (C=O) groups is 5. The number of phosphoric ester groups is 2. The Kier molecular flexibility index (Phi) is 13.9. The van der Waals surface area contributed by atoms with Crippen molar-refractivity contribution in [3.63, 3.8) is 0 Å². The molecule has 0 bridgehead atoms. The minimum absolute atomic E-state index is 0.00827. The van der Waals surface area contributed by atoms with Crippen molar-refractivity contribution in [2.45, 2.75) is 95.7 Å². The Morgan fingerprint density at radius 2 is 1.52 bits per heavy atom. The molecule has 2 aromatic heterocycles. The van der Waals surface area contributed by atoms with Gasteiger partial charge in [0.15, 0.2) is 42.1 Å². The molecule has 12 atom stereocenters. The first kappa shape index (κ1) is 44.4. The Morgan fingerprint density at radius 3 is 2.11 bits per heavy atom. The number of ether oxygens (including phenoxy) is 7. The summed E-state index contributed by atoms with van der Waals surface area (Å²) in [5, 5.41) is 21.0. The van der Waals surface area contributed by atoms with Crippen LogP contribution in [0, 0.1) is 0 Å². The predicted molar refractivity (Wildman–Crippen MR) is 171 cm³/mol. The number of fused-ring (bicyclic) bond motifs is 1. The lowest BCUT2D eigenvalue weighted by Gasteiger charge is -2.45. The van der Waals surface area contributed by atoms with E-state index in [4.69, 9.17) is 43.4 Å². The monoisotopic (exact) mass is 847 g/mol. The summed E-state index contributed by atoms with van der Waals surface area (Å²) in [5.74, 6) is -8.97. The molecule has 0 radical (unpaired) electrons. The normalized spacial score (nSPS) is 30.3. The first-order valence-electron chi connectivity index (χ1n) is 15.8. The van der Waals surface area contributed by atoms with Crippen molar-refractivity contribution in [1.82, 2.24) is 19.5 Å². The minimum atomic E-state index is -6.09. The molecule has 2 aromatic rings. The van der Waals surface area contributed by atoms with E-state index < -0.39 is 120 Å². The van der Waals surface area contributed by atoms with Gasteiger partial charge < -0.3 is 58.9 Å². The number of imidazole rings is 1. The highest BCUT2D eigenvalue weighted by molar-refractivity contribution is 7.61. The Morgan fingerprint density at radius 1 is 0.911 bits per heavy atom. The number of esters is 5. The highest BCUT2D eigenvalue weighted by Crippen LogP contribution is 2.62. The number of nitrogens with two attached hydrogens (primary N) is 1. The van der Waals surface area contributed by atoms with Crippen LogP contribution in [-0.2, 0) is 79.6 Å². The molecule has 6 N–H and O–H groups in total. The molecule has 2 aliphatic heterocycles. The van der Waals surface area contributed by atoms with Crippen LogP contribution in [0.5, 0.6) is 0 Å². The third-order valence-corrected chi connectivity index (χ3v) is 10.1. The Hall–Kier alpha value is -4.27. The molecule has 0 aliphatic carbocycles. The summed E-state index contributed by atoms with van der Waals surface area (Å²) in [4.78, 5) is 92.6. The molecule has 26 nitrogen and oxygen atoms in total. The van der Waals surface area contributed by atoms with Crippen molar-refractivity contribution in [2.24, 2.45) is 0 Å². The van der Waals surface area contributed by atoms with Crippen LogP contribution in [0.3, 0.4) is 0 Å². The maximum Gasteiger partial charge on any atom is 0.483 e. The van der Waals surface area contributed by atoms with E-state index in [-0.39, 0.29) is 17.0 Å². The summed E-state index contributed by atoms with van der Waals surface area (Å²) in [6, 6.07) is 0. The van der Waals surface area contributed by atoms with Gasteiger partial charge in [-0.15, -0.1) is 0 Å². The number of alkyl halides is 1. The van der Waals surface area contributed by atoms with Gasteiger partial charge >= 0.3 is 45.5 Å². The zero-order chi connectivity index (χ0) is 41.9. The lowest BCUT2D eigenvalue weighted by Crippen LogP contribution is -2.65. The molecule has 0 spiro atoms. The summed E-state index contributed by atoms with van der Waals surface area (Å²) < 4.78 is 92.9. The van der Waals surface area contributed by atoms with Gasteiger partial charge in [-0.05, 0) is 0 Å². The topological polar surface area (TPSA) is 362 Å². The van der Waals surface area contributed by atoms with Crippen LogP contribution in [0.4, 0.5) is 10.2 Å². The number of aliphatic hydroxyl groups excluding tert-OH is 2. The van der Waals surface area contributed by atoms with Crippen molar-refractivity contribution in [1.29, 1.82) is 0 Å². The highest BCUT2D eigenvalue weighted by Gasteiger charge is 2.59. The van der Waals surface area contributed by atoms with Gasteiger partial charge in [-0.2, -0.15) is 4.31 Å². The van der Waals surface area contributed by atoms with Gasteiger partial charge in [0.1, 0.15) is 43.4 Å². The summed E-state index contributed by atoms with van der Waals surface area (Å²) in [5.41, 5.74) is 5.66. The fourth-order valence-electron chi connectivity index (χ4n) is 5.42. The van der Waals surface area contributed by atoms with Gasteiger partial charge in [0, 0.05) is 34.6 Å². The highest BCUT2D eigenvalue weighted by atomic mass is 31.3. The Balaban J connectivity index is 1.59. The number of anilines is 1. The number of aromatic nitrogens is 4. The summed E-state index contributed by atoms with van der Waals surface area (Å²) in [6.45, 7) is 1.83. The molecule has 312 valence electrons. The van der Waals surface area contributed by atoms with Crippen LogP contribution in [0.15, 0.2) is 12.7 Å². The zero-order valence-corrected chi connectivity index (χ0v) is 31.4. The van der Waals surface area contributed by atoms with Crippen LogP contribution >= 0.6 is 15.6 Å². The lowest BCUT2D eigenvalue weighted by molar-refractivity contribution is -0.301. The first-order chi connectivity index (χ1) is 25.9. The van der Waals surface area contributed by atoms with Gasteiger partial charge in [0.05, 0.1) is 6.33 Å². The standard InChI is InChI=1S/C27H36FN5O21P2/c1-10(34)45-6-15(47-11(2)35)18-19(48-12(3)36)20(49-13(4)37)21(50-14(5)38)26(51-18)53-56(43,44)54-55(41,42)46-7-27(28)22(40)17(39)25(52-27)33-9-32-16-23(29)30-8-31-24(16)33/h8-9,15,17-22,25-26,39-40H,6-7H2,1-5H3,(H,41,42)(H,43,44)(H2,29,30,31)/t15-,17-,18-,19-,20+,21+,22+,25-,26+,27?/m1/s1. The molecule has 56 heavy (non-hydrogen) atoms. The average Bonchev–Trinajstić information content (AvgIpc) is 3.59. The van der Waals surface area contributed by atoms with E-state index in [0.717, 1.165) is 51.8 Å². The van der Waals surface area contributed by atoms with Crippen molar-refractivity contribution in [3.8, 4) is 0 Å². The molecule has 4 heterocycles. The van der Waals surface area contributed by atoms with E-state index in [9.17, 15) is 53.1 Å². The van der Waals surface area contributed by atoms with Crippen LogP contribution in [-0.4, -0.2) is 137 Å². The van der Waals surface area contributed by atoms with E-state index in [0.29, 0.717) is 0 Å². The van der Waals surface area contributed by atoms with E-state index in [1.807, 2.05) is 0 Å². The average molecular weight is 848 g/mol. The third-order valence-electron chi connectivity index (χ3n) is 7.47. The number of halogens is 1. The molecule has 4 rings (SSSR count). The van der Waals surface area contributed by atoms with E-state index in [2.05, 4.69) is 23.8 Å². The van der Waals surface area contributed by atoms with Gasteiger partial charge in [0.25, 0.3) is 5.85 Å². The number of nitrogens with zero attached hydrogens (tertiary/aromatic N) is 4. The molecule has 2 aliphatic rings. The number of phosphoric acid groups is 2. The van der Waals surface area contributed by atoms with E-state index >= 15 is 4.39 Å². The predicted octanol–water partition coefficient (Wildman–Crippen LogP) is -1.41. The number of hydrogen-bond donors (Lipinski definition) is 5. The van der Waals surface area contributed by atoms with Gasteiger partial charge in [-0.25, -0.2) is 28.5 Å². The van der Waals surface area contributed by atoms with Gasteiger partial charge in [-0.1, -0.05) is 0 Å². The maximum absolute atomic E-state index is 15.9. The van der Waals surface area contributed by atoms with E-state index in [1.165, 1.54) is 0 Å². The van der Waals surface area contributed by atoms with Gasteiger partial charge in [0.2, 0.25) is 6.29 Å². The number of hydrogen-bond acceptors (Lipinski definition) is 23. The number of rotatable bonds is 15. The SMILES string of the molecule is CC(=O)OC[C@@H](OC(C)=O)[C@H]1O[C@@H](OP(=O)(O)OP(=O)(O)OCC2(F)O[C@@H](n3cnc4c(N)ncnc43)[C@H](O)[C@@H]2O)[C@@H](OC(C)=O)[C@@H](OC(C)=O)[C@@H]1OC(C)=O. The van der Waals surface area contributed by atoms with Crippen molar-refractivity contribution in [3.05, 3.63) is 12.7 Å². The van der Waals surface area contributed by atoms with Crippen LogP contribution in [0.1, 0.15) is 40.8 Å². The summed E-state index contributed by atoms with van der Waals surface area (Å²) in [7, 11) is -12.1. The molecule has 0 amide bonds. The van der Waals surface area contributed by atoms with Crippen molar-refractivity contribution >= 4 is 62.5 Å². The quantitative estimate of drug-likeness (QED) is 0.0781. The number of carbonyl (C=O) groups excluding carboxylic acids is 5. The molecule has 2 saturated heterocycles. The second-order valence-electron chi connectivity index (χ2n) is 11.9. The zero-order valence-electron chi connectivity index (χ0n) is 29.6. The molecule has 0 aromatic carbocycles. The summed E-state index contributed by atoms with van der Waals surface area (Å²) >= 11 is 0. The van der Waals surface area contributed by atoms with Crippen molar-refractivity contribution < 1.29 is 104 Å².